The fraction of sp³-hybridized carbons (Fsp3) is 0.667. The molecular formula is C6H11NO2. The maximum absolute atomic E-state index is 10.4. The summed E-state index contributed by atoms with van der Waals surface area (Å²) in [6, 6.07) is 0. The monoisotopic (exact) mass is 129 g/mol. The largest absolute Gasteiger partial charge is 0.411 e. The summed E-state index contributed by atoms with van der Waals surface area (Å²) in [6.45, 7) is 3.32. The van der Waals surface area contributed by atoms with E-state index in [9.17, 15) is 4.79 Å². The number of hydrogen-bond acceptors (Lipinski definition) is 3. The summed E-state index contributed by atoms with van der Waals surface area (Å²) in [7, 11) is 0. The van der Waals surface area contributed by atoms with Crippen LogP contribution in [0, 0.1) is 0 Å². The Morgan fingerprint density at radius 1 is 1.67 bits per heavy atom. The van der Waals surface area contributed by atoms with Gasteiger partial charge in [0.25, 0.3) is 0 Å². The van der Waals surface area contributed by atoms with Crippen LogP contribution in [0.15, 0.2) is 5.16 Å². The summed E-state index contributed by atoms with van der Waals surface area (Å²) >= 11 is 0. The molecule has 0 unspecified atom stereocenters. The maximum Gasteiger partial charge on any atom is 0.135 e. The fourth-order valence-electron chi connectivity index (χ4n) is 0.518. The minimum Gasteiger partial charge on any atom is -0.411 e. The first-order valence-corrected chi connectivity index (χ1v) is 2.90. The molecule has 0 spiro atoms. The molecule has 0 fully saturated rings. The fourth-order valence-corrected chi connectivity index (χ4v) is 0.518. The van der Waals surface area contributed by atoms with Gasteiger partial charge in [0.2, 0.25) is 0 Å². The second-order valence-electron chi connectivity index (χ2n) is 1.90. The normalized spacial score (nSPS) is 11.6. The van der Waals surface area contributed by atoms with E-state index in [0.717, 1.165) is 0 Å². The molecule has 0 amide bonds. The highest BCUT2D eigenvalue weighted by Gasteiger charge is 1.99. The van der Waals surface area contributed by atoms with Crippen LogP contribution in [-0.2, 0) is 4.79 Å². The molecule has 0 aliphatic heterocycles. The van der Waals surface area contributed by atoms with Crippen molar-refractivity contribution in [2.24, 2.45) is 5.16 Å². The van der Waals surface area contributed by atoms with Gasteiger partial charge in [0.1, 0.15) is 5.78 Å². The Labute approximate surface area is 54.4 Å². The zero-order valence-electron chi connectivity index (χ0n) is 5.72. The van der Waals surface area contributed by atoms with Crippen molar-refractivity contribution in [3.05, 3.63) is 0 Å². The van der Waals surface area contributed by atoms with Gasteiger partial charge < -0.3 is 5.21 Å². The highest BCUT2D eigenvalue weighted by molar-refractivity contribution is 6.00. The van der Waals surface area contributed by atoms with Gasteiger partial charge in [-0.2, -0.15) is 0 Å². The SMILES string of the molecule is CC/C(CC(C)=O)=N\O. The van der Waals surface area contributed by atoms with E-state index in [1.165, 1.54) is 6.92 Å². The van der Waals surface area contributed by atoms with E-state index < -0.39 is 0 Å². The molecule has 0 rings (SSSR count). The van der Waals surface area contributed by atoms with Crippen LogP contribution in [0.4, 0.5) is 0 Å². The number of rotatable bonds is 3. The number of hydrogen-bond donors (Lipinski definition) is 1. The number of carbonyl (C=O) groups is 1. The summed E-state index contributed by atoms with van der Waals surface area (Å²) in [5, 5.41) is 11.2. The van der Waals surface area contributed by atoms with Gasteiger partial charge >= 0.3 is 0 Å². The zero-order valence-corrected chi connectivity index (χ0v) is 5.72. The van der Waals surface area contributed by atoms with E-state index in [1.807, 2.05) is 6.92 Å². The smallest absolute Gasteiger partial charge is 0.135 e. The Balaban J connectivity index is 3.71. The van der Waals surface area contributed by atoms with Crippen molar-refractivity contribution in [3.63, 3.8) is 0 Å². The van der Waals surface area contributed by atoms with Gasteiger partial charge in [-0.05, 0) is 13.3 Å². The molecule has 0 bridgehead atoms. The first kappa shape index (κ1) is 8.14. The van der Waals surface area contributed by atoms with Gasteiger partial charge in [0.05, 0.1) is 5.71 Å². The van der Waals surface area contributed by atoms with Crippen molar-refractivity contribution < 1.29 is 10.0 Å². The lowest BCUT2D eigenvalue weighted by molar-refractivity contribution is -0.115. The van der Waals surface area contributed by atoms with Crippen molar-refractivity contribution in [1.82, 2.24) is 0 Å². The van der Waals surface area contributed by atoms with E-state index >= 15 is 0 Å². The van der Waals surface area contributed by atoms with Crippen LogP contribution in [0.3, 0.4) is 0 Å². The third-order valence-corrected chi connectivity index (χ3v) is 1.00. The van der Waals surface area contributed by atoms with Crippen LogP contribution in [0.25, 0.3) is 0 Å². The van der Waals surface area contributed by atoms with Crippen LogP contribution in [0.2, 0.25) is 0 Å². The number of nitrogens with zero attached hydrogens (tertiary/aromatic N) is 1. The third-order valence-electron chi connectivity index (χ3n) is 1.00. The van der Waals surface area contributed by atoms with Gasteiger partial charge in [-0.1, -0.05) is 12.1 Å². The summed E-state index contributed by atoms with van der Waals surface area (Å²) in [6.07, 6.45) is 0.906. The third kappa shape index (κ3) is 3.70. The standard InChI is InChI=1S/C6H11NO2/c1-3-6(7-9)4-5(2)8/h9H,3-4H2,1-2H3/b7-6+. The predicted octanol–water partition coefficient (Wildman–Crippen LogP) is 1.21. The molecular weight excluding hydrogens is 118 g/mol. The molecule has 0 aromatic rings. The molecule has 0 aliphatic rings. The number of Topliss-reactive ketones (excluding diaryl/α,β-unsaturated/α-hetero) is 1. The van der Waals surface area contributed by atoms with Crippen LogP contribution < -0.4 is 0 Å². The van der Waals surface area contributed by atoms with Crippen molar-refractivity contribution >= 4 is 11.5 Å². The molecule has 0 aliphatic carbocycles. The summed E-state index contributed by atoms with van der Waals surface area (Å²) in [5.41, 5.74) is 0.544. The molecule has 1 N–H and O–H groups in total. The molecule has 3 heteroatoms. The Hall–Kier alpha value is -0.860. The van der Waals surface area contributed by atoms with E-state index in [0.29, 0.717) is 12.1 Å². The average molecular weight is 129 g/mol. The number of ketones is 1. The minimum atomic E-state index is 0.0321. The highest BCUT2D eigenvalue weighted by atomic mass is 16.4. The second-order valence-corrected chi connectivity index (χ2v) is 1.90. The Morgan fingerprint density at radius 3 is 2.33 bits per heavy atom. The molecule has 0 saturated heterocycles. The maximum atomic E-state index is 10.4. The molecule has 9 heavy (non-hydrogen) atoms. The Bertz CT molecular complexity index is 129. The Kier molecular flexibility index (Phi) is 3.67. The number of oxime groups is 1. The van der Waals surface area contributed by atoms with Crippen LogP contribution >= 0.6 is 0 Å². The Morgan fingerprint density at radius 2 is 2.22 bits per heavy atom. The molecule has 0 heterocycles. The van der Waals surface area contributed by atoms with E-state index in [2.05, 4.69) is 5.16 Å². The first-order valence-electron chi connectivity index (χ1n) is 2.90. The summed E-state index contributed by atoms with van der Waals surface area (Å²) < 4.78 is 0. The first-order chi connectivity index (χ1) is 4.20. The highest BCUT2D eigenvalue weighted by Crippen LogP contribution is 1.91. The average Bonchev–Trinajstić information content (AvgIpc) is 1.82. The van der Waals surface area contributed by atoms with Crippen molar-refractivity contribution in [1.29, 1.82) is 0 Å². The molecule has 52 valence electrons. The lowest BCUT2D eigenvalue weighted by atomic mass is 10.2. The zero-order chi connectivity index (χ0) is 7.28. The quantitative estimate of drug-likeness (QED) is 0.353. The van der Waals surface area contributed by atoms with Crippen molar-refractivity contribution in [2.45, 2.75) is 26.7 Å². The van der Waals surface area contributed by atoms with Crippen LogP contribution in [-0.4, -0.2) is 16.7 Å². The molecule has 0 aromatic heterocycles. The molecule has 0 aromatic carbocycles. The number of carbonyl (C=O) groups excluding carboxylic acids is 1. The molecule has 0 saturated carbocycles. The summed E-state index contributed by atoms with van der Waals surface area (Å²) in [5.74, 6) is 0.0321. The molecule has 0 atom stereocenters. The molecule has 3 nitrogen and oxygen atoms in total. The van der Waals surface area contributed by atoms with Gasteiger partial charge in [-0.3, -0.25) is 4.79 Å². The van der Waals surface area contributed by atoms with Gasteiger partial charge in [-0.25, -0.2) is 0 Å². The van der Waals surface area contributed by atoms with Crippen molar-refractivity contribution in [2.75, 3.05) is 0 Å². The van der Waals surface area contributed by atoms with Crippen LogP contribution in [0.5, 0.6) is 0 Å². The summed E-state index contributed by atoms with van der Waals surface area (Å²) in [4.78, 5) is 10.4. The van der Waals surface area contributed by atoms with E-state index in [1.54, 1.807) is 0 Å². The molecule has 0 radical (unpaired) electrons. The van der Waals surface area contributed by atoms with Crippen molar-refractivity contribution in [3.8, 4) is 0 Å². The van der Waals surface area contributed by atoms with E-state index in [-0.39, 0.29) is 12.2 Å². The second kappa shape index (κ2) is 4.06. The van der Waals surface area contributed by atoms with Gasteiger partial charge in [-0.15, -0.1) is 0 Å². The van der Waals surface area contributed by atoms with E-state index in [4.69, 9.17) is 5.21 Å². The van der Waals surface area contributed by atoms with Gasteiger partial charge in [0.15, 0.2) is 0 Å². The van der Waals surface area contributed by atoms with Crippen LogP contribution in [0.1, 0.15) is 26.7 Å². The lowest BCUT2D eigenvalue weighted by Gasteiger charge is -1.93. The topological polar surface area (TPSA) is 49.7 Å². The predicted molar refractivity (Wildman–Crippen MR) is 34.8 cm³/mol. The van der Waals surface area contributed by atoms with Gasteiger partial charge in [0, 0.05) is 6.42 Å². The minimum absolute atomic E-state index is 0.0321. The lowest BCUT2D eigenvalue weighted by Crippen LogP contribution is -2.02.